The number of hydrazine groups is 1. The second-order valence-corrected chi connectivity index (χ2v) is 5.97. The average Bonchev–Trinajstić information content (AvgIpc) is 2.58. The van der Waals surface area contributed by atoms with Crippen LogP contribution in [0.2, 0.25) is 0 Å². The van der Waals surface area contributed by atoms with Gasteiger partial charge >= 0.3 is 6.03 Å². The molecule has 1 aliphatic carbocycles. The molecule has 0 aromatic rings. The zero-order chi connectivity index (χ0) is 14.2. The van der Waals surface area contributed by atoms with Gasteiger partial charge in [0.1, 0.15) is 5.54 Å². The molecule has 1 aliphatic heterocycles. The minimum atomic E-state index is -0.798. The smallest absolute Gasteiger partial charge is 0.322 e. The monoisotopic (exact) mass is 267 g/mol. The Morgan fingerprint density at radius 3 is 2.47 bits per heavy atom. The Morgan fingerprint density at radius 1 is 1.37 bits per heavy atom. The molecule has 1 saturated carbocycles. The summed E-state index contributed by atoms with van der Waals surface area (Å²) in [4.78, 5) is 35.9. The standard InChI is InChI=1S/C13H21N3O3/c1-8(2)10(17)15-16-11(18)13(14-12(16)19)6-4-9(3)5-7-13/h8-9H,4-7H2,1-3H3,(H,14,19)(H,15,17). The largest absolute Gasteiger partial charge is 0.344 e. The number of carbonyl (C=O) groups is 3. The van der Waals surface area contributed by atoms with Crippen LogP contribution in [0.3, 0.4) is 0 Å². The van der Waals surface area contributed by atoms with Gasteiger partial charge in [0.05, 0.1) is 0 Å². The molecule has 19 heavy (non-hydrogen) atoms. The van der Waals surface area contributed by atoms with Gasteiger partial charge in [-0.15, -0.1) is 0 Å². The molecule has 0 aromatic heterocycles. The van der Waals surface area contributed by atoms with Gasteiger partial charge in [0.2, 0.25) is 5.91 Å². The highest BCUT2D eigenvalue weighted by Gasteiger charge is 2.52. The zero-order valence-electron chi connectivity index (χ0n) is 11.7. The lowest BCUT2D eigenvalue weighted by Gasteiger charge is -2.33. The Morgan fingerprint density at radius 2 is 1.95 bits per heavy atom. The van der Waals surface area contributed by atoms with Gasteiger partial charge in [-0.2, -0.15) is 5.01 Å². The SMILES string of the molecule is CC1CCC2(CC1)NC(=O)N(NC(=O)C(C)C)C2=O. The Kier molecular flexibility index (Phi) is 3.52. The minimum Gasteiger partial charge on any atom is -0.322 e. The number of imide groups is 1. The van der Waals surface area contributed by atoms with Crippen LogP contribution in [0.1, 0.15) is 46.5 Å². The summed E-state index contributed by atoms with van der Waals surface area (Å²) in [6.45, 7) is 5.57. The quantitative estimate of drug-likeness (QED) is 0.737. The molecule has 2 aliphatic rings. The van der Waals surface area contributed by atoms with E-state index in [-0.39, 0.29) is 17.7 Å². The normalized spacial score (nSPS) is 30.9. The van der Waals surface area contributed by atoms with Crippen LogP contribution in [0.25, 0.3) is 0 Å². The van der Waals surface area contributed by atoms with Crippen molar-refractivity contribution in [2.24, 2.45) is 11.8 Å². The van der Waals surface area contributed by atoms with Crippen LogP contribution in [0.4, 0.5) is 4.79 Å². The van der Waals surface area contributed by atoms with E-state index in [0.717, 1.165) is 17.9 Å². The maximum atomic E-state index is 12.4. The molecule has 2 fully saturated rings. The van der Waals surface area contributed by atoms with Gasteiger partial charge in [0, 0.05) is 5.92 Å². The molecule has 0 atom stereocenters. The number of amides is 4. The molecule has 2 rings (SSSR count). The molecule has 6 nitrogen and oxygen atoms in total. The highest BCUT2D eigenvalue weighted by Crippen LogP contribution is 2.35. The van der Waals surface area contributed by atoms with Crippen molar-refractivity contribution in [3.63, 3.8) is 0 Å². The third-order valence-electron chi connectivity index (χ3n) is 4.04. The third kappa shape index (κ3) is 2.43. The molecule has 6 heteroatoms. The van der Waals surface area contributed by atoms with Crippen LogP contribution in [0.15, 0.2) is 0 Å². The van der Waals surface area contributed by atoms with Gasteiger partial charge in [0.15, 0.2) is 0 Å². The average molecular weight is 267 g/mol. The summed E-state index contributed by atoms with van der Waals surface area (Å²) in [6.07, 6.45) is 3.12. The fraction of sp³-hybridized carbons (Fsp3) is 0.769. The zero-order valence-corrected chi connectivity index (χ0v) is 11.7. The number of rotatable bonds is 2. The van der Waals surface area contributed by atoms with Gasteiger partial charge in [-0.05, 0) is 31.6 Å². The summed E-state index contributed by atoms with van der Waals surface area (Å²) in [5, 5.41) is 3.60. The first kappa shape index (κ1) is 13.8. The van der Waals surface area contributed by atoms with E-state index in [1.54, 1.807) is 13.8 Å². The molecule has 0 bridgehead atoms. The maximum absolute atomic E-state index is 12.4. The molecule has 0 unspecified atom stereocenters. The molecule has 106 valence electrons. The first-order valence-electron chi connectivity index (χ1n) is 6.83. The summed E-state index contributed by atoms with van der Waals surface area (Å²) < 4.78 is 0. The highest BCUT2D eigenvalue weighted by molar-refractivity contribution is 6.08. The van der Waals surface area contributed by atoms with Gasteiger partial charge in [-0.3, -0.25) is 15.0 Å². The molecule has 0 aromatic carbocycles. The second-order valence-electron chi connectivity index (χ2n) is 5.97. The van der Waals surface area contributed by atoms with Crippen molar-refractivity contribution >= 4 is 17.8 Å². The lowest BCUT2D eigenvalue weighted by atomic mass is 9.77. The lowest BCUT2D eigenvalue weighted by molar-refractivity contribution is -0.141. The van der Waals surface area contributed by atoms with E-state index in [4.69, 9.17) is 0 Å². The molecule has 0 radical (unpaired) electrons. The first-order chi connectivity index (χ1) is 8.85. The van der Waals surface area contributed by atoms with Crippen molar-refractivity contribution in [1.29, 1.82) is 0 Å². The third-order valence-corrected chi connectivity index (χ3v) is 4.04. The van der Waals surface area contributed by atoms with Crippen molar-refractivity contribution in [2.75, 3.05) is 0 Å². The van der Waals surface area contributed by atoms with E-state index in [9.17, 15) is 14.4 Å². The maximum Gasteiger partial charge on any atom is 0.344 e. The minimum absolute atomic E-state index is 0.275. The molecule has 1 saturated heterocycles. The molecule has 4 amide bonds. The lowest BCUT2D eigenvalue weighted by Crippen LogP contribution is -2.52. The van der Waals surface area contributed by atoms with Gasteiger partial charge in [0.25, 0.3) is 5.91 Å². The topological polar surface area (TPSA) is 78.5 Å². The highest BCUT2D eigenvalue weighted by atomic mass is 16.2. The van der Waals surface area contributed by atoms with Crippen molar-refractivity contribution in [1.82, 2.24) is 15.8 Å². The van der Waals surface area contributed by atoms with E-state index < -0.39 is 11.6 Å². The van der Waals surface area contributed by atoms with Crippen molar-refractivity contribution < 1.29 is 14.4 Å². The Hall–Kier alpha value is -1.59. The number of carbonyl (C=O) groups excluding carboxylic acids is 3. The summed E-state index contributed by atoms with van der Waals surface area (Å²) in [5.74, 6) is -0.346. The fourth-order valence-corrected chi connectivity index (χ4v) is 2.55. The van der Waals surface area contributed by atoms with Crippen LogP contribution in [0.5, 0.6) is 0 Å². The molecule has 1 heterocycles. The van der Waals surface area contributed by atoms with E-state index in [0.29, 0.717) is 18.8 Å². The molecule has 2 N–H and O–H groups in total. The van der Waals surface area contributed by atoms with Crippen LogP contribution in [0, 0.1) is 11.8 Å². The van der Waals surface area contributed by atoms with Crippen molar-refractivity contribution in [2.45, 2.75) is 52.0 Å². The predicted octanol–water partition coefficient (Wildman–Crippen LogP) is 1.17. The molecule has 1 spiro atoms. The van der Waals surface area contributed by atoms with E-state index in [1.807, 2.05) is 0 Å². The predicted molar refractivity (Wildman–Crippen MR) is 68.7 cm³/mol. The van der Waals surface area contributed by atoms with Crippen molar-refractivity contribution in [3.8, 4) is 0 Å². The first-order valence-corrected chi connectivity index (χ1v) is 6.83. The summed E-state index contributed by atoms with van der Waals surface area (Å²) >= 11 is 0. The number of nitrogens with zero attached hydrogens (tertiary/aromatic N) is 1. The Balaban J connectivity index is 2.10. The summed E-state index contributed by atoms with van der Waals surface area (Å²) in [6, 6.07) is -0.520. The Labute approximate surface area is 112 Å². The molecular weight excluding hydrogens is 246 g/mol. The van der Waals surface area contributed by atoms with E-state index >= 15 is 0 Å². The fourth-order valence-electron chi connectivity index (χ4n) is 2.55. The van der Waals surface area contributed by atoms with Crippen LogP contribution in [-0.2, 0) is 9.59 Å². The molecular formula is C13H21N3O3. The van der Waals surface area contributed by atoms with Gasteiger partial charge in [-0.25, -0.2) is 4.79 Å². The van der Waals surface area contributed by atoms with Crippen LogP contribution < -0.4 is 10.7 Å². The number of nitrogens with one attached hydrogen (secondary N) is 2. The summed E-state index contributed by atoms with van der Waals surface area (Å²) in [5.41, 5.74) is 1.60. The number of urea groups is 1. The number of hydrogen-bond acceptors (Lipinski definition) is 3. The Bertz CT molecular complexity index is 411. The van der Waals surface area contributed by atoms with Gasteiger partial charge < -0.3 is 5.32 Å². The van der Waals surface area contributed by atoms with Crippen LogP contribution >= 0.6 is 0 Å². The van der Waals surface area contributed by atoms with Crippen molar-refractivity contribution in [3.05, 3.63) is 0 Å². The van der Waals surface area contributed by atoms with E-state index in [1.165, 1.54) is 0 Å². The second kappa shape index (κ2) is 4.83. The van der Waals surface area contributed by atoms with Crippen LogP contribution in [-0.4, -0.2) is 28.4 Å². The number of hydrogen-bond donors (Lipinski definition) is 2. The van der Waals surface area contributed by atoms with E-state index in [2.05, 4.69) is 17.7 Å². The summed E-state index contributed by atoms with van der Waals surface area (Å²) in [7, 11) is 0. The van der Waals surface area contributed by atoms with Gasteiger partial charge in [-0.1, -0.05) is 20.8 Å².